The van der Waals surface area contributed by atoms with Gasteiger partial charge in [-0.05, 0) is 24.5 Å². The van der Waals surface area contributed by atoms with Crippen LogP contribution in [0.3, 0.4) is 0 Å². The van der Waals surface area contributed by atoms with Gasteiger partial charge in [-0.2, -0.15) is 0 Å². The SMILES string of the molecule is CCc1cc(C(N)=S)c(CC)cn1. The third-order valence-corrected chi connectivity index (χ3v) is 2.27. The summed E-state index contributed by atoms with van der Waals surface area (Å²) in [6, 6.07) is 1.99. The molecule has 1 aromatic heterocycles. The molecule has 3 heteroatoms. The van der Waals surface area contributed by atoms with E-state index in [2.05, 4.69) is 18.8 Å². The van der Waals surface area contributed by atoms with Gasteiger partial charge in [0.05, 0.1) is 0 Å². The summed E-state index contributed by atoms with van der Waals surface area (Å²) in [5, 5.41) is 0. The monoisotopic (exact) mass is 194 g/mol. The Morgan fingerprint density at radius 1 is 1.46 bits per heavy atom. The lowest BCUT2D eigenvalue weighted by Crippen LogP contribution is -2.13. The summed E-state index contributed by atoms with van der Waals surface area (Å²) in [5.41, 5.74) is 8.76. The van der Waals surface area contributed by atoms with Crippen molar-refractivity contribution in [3.63, 3.8) is 0 Å². The quantitative estimate of drug-likeness (QED) is 0.746. The molecule has 0 aromatic carbocycles. The molecule has 1 rings (SSSR count). The minimum Gasteiger partial charge on any atom is -0.389 e. The molecule has 1 aromatic rings. The molecule has 0 radical (unpaired) electrons. The molecule has 0 bridgehead atoms. The van der Waals surface area contributed by atoms with E-state index in [1.165, 1.54) is 0 Å². The Morgan fingerprint density at radius 2 is 2.15 bits per heavy atom. The van der Waals surface area contributed by atoms with Crippen LogP contribution < -0.4 is 5.73 Å². The van der Waals surface area contributed by atoms with Gasteiger partial charge in [-0.3, -0.25) is 4.98 Å². The minimum absolute atomic E-state index is 0.467. The lowest BCUT2D eigenvalue weighted by Gasteiger charge is -2.06. The van der Waals surface area contributed by atoms with Crippen molar-refractivity contribution in [2.75, 3.05) is 0 Å². The number of pyridine rings is 1. The maximum atomic E-state index is 5.62. The molecule has 2 nitrogen and oxygen atoms in total. The Balaban J connectivity index is 3.18. The van der Waals surface area contributed by atoms with Gasteiger partial charge in [-0.25, -0.2) is 0 Å². The van der Waals surface area contributed by atoms with Crippen molar-refractivity contribution in [3.05, 3.63) is 29.1 Å². The molecule has 0 amide bonds. The van der Waals surface area contributed by atoms with Gasteiger partial charge >= 0.3 is 0 Å². The van der Waals surface area contributed by atoms with Crippen LogP contribution in [0.1, 0.15) is 30.7 Å². The maximum Gasteiger partial charge on any atom is 0.104 e. The number of thiocarbonyl (C=S) groups is 1. The molecule has 0 unspecified atom stereocenters. The van der Waals surface area contributed by atoms with Gasteiger partial charge < -0.3 is 5.73 Å². The zero-order valence-electron chi connectivity index (χ0n) is 8.00. The lowest BCUT2D eigenvalue weighted by molar-refractivity contribution is 1.00. The molecule has 70 valence electrons. The summed E-state index contributed by atoms with van der Waals surface area (Å²) in [4.78, 5) is 4.76. The molecule has 1 heterocycles. The molecule has 0 saturated heterocycles. The van der Waals surface area contributed by atoms with E-state index in [-0.39, 0.29) is 0 Å². The van der Waals surface area contributed by atoms with Gasteiger partial charge in [0.2, 0.25) is 0 Å². The van der Waals surface area contributed by atoms with Crippen molar-refractivity contribution in [3.8, 4) is 0 Å². The average Bonchev–Trinajstić information content (AvgIpc) is 2.16. The Labute approximate surface area is 84.2 Å². The first-order valence-corrected chi connectivity index (χ1v) is 4.87. The molecule has 0 aliphatic rings. The number of aryl methyl sites for hydroxylation is 2. The van der Waals surface area contributed by atoms with Gasteiger partial charge in [0, 0.05) is 17.5 Å². The third-order valence-electron chi connectivity index (χ3n) is 2.05. The fourth-order valence-electron chi connectivity index (χ4n) is 1.23. The molecule has 0 spiro atoms. The zero-order chi connectivity index (χ0) is 9.84. The van der Waals surface area contributed by atoms with Crippen molar-refractivity contribution in [2.45, 2.75) is 26.7 Å². The predicted octanol–water partition coefficient (Wildman–Crippen LogP) is 1.84. The van der Waals surface area contributed by atoms with Crippen LogP contribution in [0.2, 0.25) is 0 Å². The first-order chi connectivity index (χ1) is 6.19. The fraction of sp³-hybridized carbons (Fsp3) is 0.400. The van der Waals surface area contributed by atoms with E-state index in [1.54, 1.807) is 0 Å². The molecule has 0 fully saturated rings. The summed E-state index contributed by atoms with van der Waals surface area (Å²) >= 11 is 4.97. The number of hydrogen-bond acceptors (Lipinski definition) is 2. The summed E-state index contributed by atoms with van der Waals surface area (Å²) in [5.74, 6) is 0. The number of nitrogens with zero attached hydrogens (tertiary/aromatic N) is 1. The van der Waals surface area contributed by atoms with Gasteiger partial charge in [0.1, 0.15) is 4.99 Å². The minimum atomic E-state index is 0.467. The second kappa shape index (κ2) is 4.33. The highest BCUT2D eigenvalue weighted by Crippen LogP contribution is 2.10. The van der Waals surface area contributed by atoms with E-state index in [1.807, 2.05) is 12.3 Å². The molecular formula is C10H14N2S. The van der Waals surface area contributed by atoms with Crippen molar-refractivity contribution in [2.24, 2.45) is 5.73 Å². The number of nitrogens with two attached hydrogens (primary N) is 1. The predicted molar refractivity (Wildman–Crippen MR) is 58.9 cm³/mol. The summed E-state index contributed by atoms with van der Waals surface area (Å²) in [6.45, 7) is 4.14. The van der Waals surface area contributed by atoms with Crippen LogP contribution in [-0.4, -0.2) is 9.97 Å². The number of aromatic nitrogens is 1. The highest BCUT2D eigenvalue weighted by atomic mass is 32.1. The third kappa shape index (κ3) is 2.25. The van der Waals surface area contributed by atoms with Crippen molar-refractivity contribution >= 4 is 17.2 Å². The smallest absolute Gasteiger partial charge is 0.104 e. The first kappa shape index (κ1) is 10.1. The summed E-state index contributed by atoms with van der Waals surface area (Å²) in [7, 11) is 0. The van der Waals surface area contributed by atoms with Crippen LogP contribution in [0.4, 0.5) is 0 Å². The average molecular weight is 194 g/mol. The van der Waals surface area contributed by atoms with E-state index in [0.717, 1.165) is 29.7 Å². The Morgan fingerprint density at radius 3 is 2.62 bits per heavy atom. The topological polar surface area (TPSA) is 38.9 Å². The molecule has 0 aliphatic carbocycles. The summed E-state index contributed by atoms with van der Waals surface area (Å²) < 4.78 is 0. The molecule has 0 aliphatic heterocycles. The van der Waals surface area contributed by atoms with Crippen LogP contribution in [-0.2, 0) is 12.8 Å². The van der Waals surface area contributed by atoms with Gasteiger partial charge in [0.15, 0.2) is 0 Å². The number of hydrogen-bond donors (Lipinski definition) is 1. The van der Waals surface area contributed by atoms with Crippen LogP contribution in [0.15, 0.2) is 12.3 Å². The van der Waals surface area contributed by atoms with Crippen molar-refractivity contribution in [1.82, 2.24) is 4.98 Å². The van der Waals surface area contributed by atoms with Crippen LogP contribution in [0.25, 0.3) is 0 Å². The normalized spacial score (nSPS) is 10.0. The van der Waals surface area contributed by atoms with Crippen LogP contribution >= 0.6 is 12.2 Å². The first-order valence-electron chi connectivity index (χ1n) is 4.46. The molecule has 13 heavy (non-hydrogen) atoms. The Bertz CT molecular complexity index is 321. The second-order valence-corrected chi connectivity index (χ2v) is 3.34. The van der Waals surface area contributed by atoms with Crippen LogP contribution in [0, 0.1) is 0 Å². The second-order valence-electron chi connectivity index (χ2n) is 2.90. The van der Waals surface area contributed by atoms with Crippen molar-refractivity contribution in [1.29, 1.82) is 0 Å². The van der Waals surface area contributed by atoms with Crippen molar-refractivity contribution < 1.29 is 0 Å². The molecular weight excluding hydrogens is 180 g/mol. The van der Waals surface area contributed by atoms with E-state index in [9.17, 15) is 0 Å². The highest BCUT2D eigenvalue weighted by molar-refractivity contribution is 7.80. The molecule has 0 saturated carbocycles. The van der Waals surface area contributed by atoms with Gasteiger partial charge in [-0.15, -0.1) is 0 Å². The largest absolute Gasteiger partial charge is 0.389 e. The maximum absolute atomic E-state index is 5.62. The van der Waals surface area contributed by atoms with Crippen LogP contribution in [0.5, 0.6) is 0 Å². The van der Waals surface area contributed by atoms with E-state index >= 15 is 0 Å². The van der Waals surface area contributed by atoms with E-state index in [4.69, 9.17) is 18.0 Å². The lowest BCUT2D eigenvalue weighted by atomic mass is 10.1. The fourth-order valence-corrected chi connectivity index (χ4v) is 1.42. The molecule has 0 atom stereocenters. The zero-order valence-corrected chi connectivity index (χ0v) is 8.82. The standard InChI is InChI=1S/C10H14N2S/c1-3-7-6-12-8(4-2)5-9(7)10(11)13/h5-6H,3-4H2,1-2H3,(H2,11,13). The summed E-state index contributed by atoms with van der Waals surface area (Å²) in [6.07, 6.45) is 3.70. The van der Waals surface area contributed by atoms with Gasteiger partial charge in [0.25, 0.3) is 0 Å². The molecule has 2 N–H and O–H groups in total. The number of rotatable bonds is 3. The van der Waals surface area contributed by atoms with E-state index < -0.39 is 0 Å². The van der Waals surface area contributed by atoms with Gasteiger partial charge in [-0.1, -0.05) is 26.1 Å². The van der Waals surface area contributed by atoms with E-state index in [0.29, 0.717) is 4.99 Å². The Hall–Kier alpha value is -0.960. The highest BCUT2D eigenvalue weighted by Gasteiger charge is 2.04. The Kier molecular flexibility index (Phi) is 3.37.